The van der Waals surface area contributed by atoms with Gasteiger partial charge in [0.05, 0.1) is 18.7 Å². The molecule has 174 valence electrons. The molecule has 2 aromatic rings. The minimum Gasteiger partial charge on any atom is -0.505 e. The Balaban J connectivity index is 1.24. The quantitative estimate of drug-likeness (QED) is 0.492. The number of aromatic hydroxyl groups is 1. The second-order valence-corrected chi connectivity index (χ2v) is 8.54. The molecule has 7 heteroatoms. The molecule has 1 aliphatic heterocycles. The number of benzene rings is 2. The number of amides is 1. The summed E-state index contributed by atoms with van der Waals surface area (Å²) in [6.07, 6.45) is 3.90. The van der Waals surface area contributed by atoms with Crippen LogP contribution in [-0.2, 0) is 6.54 Å². The van der Waals surface area contributed by atoms with Crippen molar-refractivity contribution < 1.29 is 23.8 Å². The highest BCUT2D eigenvalue weighted by Gasteiger charge is 2.31. The molecule has 33 heavy (non-hydrogen) atoms. The third-order valence-corrected chi connectivity index (χ3v) is 6.16. The maximum absolute atomic E-state index is 14.1. The lowest BCUT2D eigenvalue weighted by Crippen LogP contribution is -2.21. The molecule has 0 unspecified atom stereocenters. The number of fused-ring (bicyclic) bond motifs is 1. The number of carbonyl (C=O) groups excluding carboxylic acids is 1. The number of phenolic OH excluding ortho intramolecular Hbond substituents is 1. The van der Waals surface area contributed by atoms with Crippen molar-refractivity contribution in [3.63, 3.8) is 0 Å². The summed E-state index contributed by atoms with van der Waals surface area (Å²) in [7, 11) is 1.89. The van der Waals surface area contributed by atoms with Crippen molar-refractivity contribution in [1.29, 1.82) is 0 Å². The second-order valence-electron chi connectivity index (χ2n) is 8.54. The Bertz CT molecular complexity index is 1050. The van der Waals surface area contributed by atoms with Crippen molar-refractivity contribution in [2.24, 2.45) is 11.8 Å². The van der Waals surface area contributed by atoms with E-state index in [1.807, 2.05) is 31.3 Å². The van der Waals surface area contributed by atoms with Gasteiger partial charge in [-0.3, -0.25) is 9.69 Å². The average Bonchev–Trinajstić information content (AvgIpc) is 3.16. The van der Waals surface area contributed by atoms with Crippen molar-refractivity contribution >= 4 is 5.91 Å². The van der Waals surface area contributed by atoms with E-state index in [4.69, 9.17) is 9.47 Å². The van der Waals surface area contributed by atoms with Crippen LogP contribution in [-0.4, -0.2) is 42.7 Å². The van der Waals surface area contributed by atoms with E-state index in [1.165, 1.54) is 11.0 Å². The molecular weight excluding hydrogens is 423 g/mol. The van der Waals surface area contributed by atoms with Crippen LogP contribution in [0.3, 0.4) is 0 Å². The summed E-state index contributed by atoms with van der Waals surface area (Å²) in [4.78, 5) is 13.8. The SMILES string of the molecule is CNCCOc1cccc(OCC2CCC(C#CN3Cc4ccc(O)c(F)c4C3=O)CC2)c1. The minimum absolute atomic E-state index is 0.0679. The van der Waals surface area contributed by atoms with Crippen LogP contribution in [0.25, 0.3) is 0 Å². The maximum Gasteiger partial charge on any atom is 0.269 e. The predicted molar refractivity (Wildman–Crippen MR) is 123 cm³/mol. The van der Waals surface area contributed by atoms with Crippen LogP contribution in [0.5, 0.6) is 17.2 Å². The minimum atomic E-state index is -0.864. The molecule has 2 aromatic carbocycles. The van der Waals surface area contributed by atoms with Gasteiger partial charge in [0.25, 0.3) is 5.91 Å². The number of nitrogens with one attached hydrogen (secondary N) is 1. The first kappa shape index (κ1) is 22.9. The van der Waals surface area contributed by atoms with Crippen LogP contribution in [0.2, 0.25) is 0 Å². The Kier molecular flexibility index (Phi) is 7.36. The van der Waals surface area contributed by atoms with Gasteiger partial charge in [-0.1, -0.05) is 18.1 Å². The molecule has 0 atom stereocenters. The van der Waals surface area contributed by atoms with Gasteiger partial charge < -0.3 is 19.9 Å². The molecule has 0 bridgehead atoms. The number of likely N-dealkylation sites (N-methyl/N-ethyl adjacent to an activating group) is 1. The van der Waals surface area contributed by atoms with Gasteiger partial charge in [-0.05, 0) is 62.4 Å². The highest BCUT2D eigenvalue weighted by Crippen LogP contribution is 2.31. The molecule has 1 aliphatic carbocycles. The highest BCUT2D eigenvalue weighted by atomic mass is 19.1. The lowest BCUT2D eigenvalue weighted by Gasteiger charge is -2.25. The molecule has 6 nitrogen and oxygen atoms in total. The molecular formula is C26H29FN2O4. The zero-order valence-corrected chi connectivity index (χ0v) is 18.8. The highest BCUT2D eigenvalue weighted by molar-refractivity contribution is 6.00. The van der Waals surface area contributed by atoms with Gasteiger partial charge in [-0.2, -0.15) is 0 Å². The first-order valence-corrected chi connectivity index (χ1v) is 11.4. The zero-order chi connectivity index (χ0) is 23.2. The Morgan fingerprint density at radius 2 is 1.91 bits per heavy atom. The number of nitrogens with zero attached hydrogens (tertiary/aromatic N) is 1. The fourth-order valence-electron chi connectivity index (χ4n) is 4.22. The van der Waals surface area contributed by atoms with Gasteiger partial charge in [0.15, 0.2) is 11.6 Å². The molecule has 0 spiro atoms. The third kappa shape index (κ3) is 5.58. The molecule has 2 aliphatic rings. The number of phenols is 1. The summed E-state index contributed by atoms with van der Waals surface area (Å²) < 4.78 is 25.8. The zero-order valence-electron chi connectivity index (χ0n) is 18.8. The van der Waals surface area contributed by atoms with E-state index in [-0.39, 0.29) is 18.0 Å². The fraction of sp³-hybridized carbons (Fsp3) is 0.423. The fourth-order valence-corrected chi connectivity index (χ4v) is 4.22. The molecule has 4 rings (SSSR count). The summed E-state index contributed by atoms with van der Waals surface area (Å²) in [6.45, 7) is 2.30. The van der Waals surface area contributed by atoms with Crippen LogP contribution in [0, 0.1) is 29.6 Å². The van der Waals surface area contributed by atoms with Crippen LogP contribution in [0.1, 0.15) is 41.6 Å². The van der Waals surface area contributed by atoms with Gasteiger partial charge in [-0.15, -0.1) is 0 Å². The molecule has 1 fully saturated rings. The number of ether oxygens (including phenoxy) is 2. The van der Waals surface area contributed by atoms with Gasteiger partial charge in [-0.25, -0.2) is 4.39 Å². The number of halogens is 1. The predicted octanol–water partition coefficient (Wildman–Crippen LogP) is 3.93. The number of carbonyl (C=O) groups is 1. The molecule has 0 aromatic heterocycles. The Morgan fingerprint density at radius 1 is 1.15 bits per heavy atom. The summed E-state index contributed by atoms with van der Waals surface area (Å²) in [6, 6.07) is 13.5. The lowest BCUT2D eigenvalue weighted by molar-refractivity contribution is 0.0849. The smallest absolute Gasteiger partial charge is 0.269 e. The van der Waals surface area contributed by atoms with Crippen molar-refractivity contribution in [2.45, 2.75) is 32.2 Å². The third-order valence-electron chi connectivity index (χ3n) is 6.16. The van der Waals surface area contributed by atoms with Crippen molar-refractivity contribution in [1.82, 2.24) is 10.2 Å². The van der Waals surface area contributed by atoms with Crippen LogP contribution >= 0.6 is 0 Å². The van der Waals surface area contributed by atoms with Crippen molar-refractivity contribution in [3.8, 4) is 29.2 Å². The molecule has 2 N–H and O–H groups in total. The van der Waals surface area contributed by atoms with Gasteiger partial charge in [0.1, 0.15) is 18.1 Å². The number of hydrogen-bond acceptors (Lipinski definition) is 5. The first-order valence-electron chi connectivity index (χ1n) is 11.4. The van der Waals surface area contributed by atoms with Gasteiger partial charge in [0, 0.05) is 24.6 Å². The molecule has 0 radical (unpaired) electrons. The van der Waals surface area contributed by atoms with E-state index in [1.54, 1.807) is 6.07 Å². The lowest BCUT2D eigenvalue weighted by atomic mass is 9.83. The molecule has 1 amide bonds. The molecule has 1 saturated carbocycles. The maximum atomic E-state index is 14.1. The Labute approximate surface area is 193 Å². The van der Waals surface area contributed by atoms with E-state index in [0.29, 0.717) is 24.7 Å². The summed E-state index contributed by atoms with van der Waals surface area (Å²) in [5.74, 6) is 3.63. The molecule has 1 heterocycles. The van der Waals surface area contributed by atoms with Crippen LogP contribution < -0.4 is 14.8 Å². The van der Waals surface area contributed by atoms with Crippen molar-refractivity contribution in [3.05, 3.63) is 53.3 Å². The Hall–Kier alpha value is -3.24. The van der Waals surface area contributed by atoms with Crippen LogP contribution in [0.4, 0.5) is 4.39 Å². The number of hydrogen-bond donors (Lipinski definition) is 2. The second kappa shape index (κ2) is 10.6. The summed E-state index contributed by atoms with van der Waals surface area (Å²) >= 11 is 0. The summed E-state index contributed by atoms with van der Waals surface area (Å²) in [5, 5.41) is 12.6. The van der Waals surface area contributed by atoms with Gasteiger partial charge >= 0.3 is 0 Å². The van der Waals surface area contributed by atoms with E-state index in [0.717, 1.165) is 43.7 Å². The number of rotatable bonds is 7. The van der Waals surface area contributed by atoms with E-state index < -0.39 is 17.5 Å². The van der Waals surface area contributed by atoms with Crippen molar-refractivity contribution in [2.75, 3.05) is 26.8 Å². The topological polar surface area (TPSA) is 71.0 Å². The standard InChI is InChI=1S/C26H29FN2O4/c1-28-12-14-32-21-3-2-4-22(15-21)33-17-19-7-5-18(6-8-19)11-13-29-16-20-9-10-23(30)25(27)24(20)26(29)31/h2-4,9-10,15,18-19,28,30H,5-8,12,14,16-17H2,1H3. The largest absolute Gasteiger partial charge is 0.505 e. The van der Waals surface area contributed by atoms with Gasteiger partial charge in [0.2, 0.25) is 0 Å². The molecule has 0 saturated heterocycles. The van der Waals surface area contributed by atoms with E-state index in [9.17, 15) is 14.3 Å². The summed E-state index contributed by atoms with van der Waals surface area (Å²) in [5.41, 5.74) is 0.489. The van der Waals surface area contributed by atoms with Crippen LogP contribution in [0.15, 0.2) is 36.4 Å². The van der Waals surface area contributed by atoms with E-state index in [2.05, 4.69) is 17.3 Å². The Morgan fingerprint density at radius 3 is 2.67 bits per heavy atom. The first-order chi connectivity index (χ1) is 16.0. The monoisotopic (exact) mass is 452 g/mol. The average molecular weight is 453 g/mol. The van der Waals surface area contributed by atoms with E-state index >= 15 is 0 Å². The normalized spacial score (nSPS) is 19.6.